The van der Waals surface area contributed by atoms with Crippen LogP contribution in [0.1, 0.15) is 34.6 Å². The first kappa shape index (κ1) is 96.2. The van der Waals surface area contributed by atoms with Crippen LogP contribution >= 0.6 is 0 Å². The zero-order valence-corrected chi connectivity index (χ0v) is 62.2. The van der Waals surface area contributed by atoms with E-state index >= 15 is 0 Å². The smallest absolute Gasteiger partial charge is 0.217 e. The summed E-state index contributed by atoms with van der Waals surface area (Å²) in [6.45, 7) is -6.41. The molecule has 0 bridgehead atoms. The van der Waals surface area contributed by atoms with E-state index in [1.54, 1.807) is 0 Å². The third-order valence-electron chi connectivity index (χ3n) is 20.4. The lowest BCUT2D eigenvalue weighted by Gasteiger charge is -2.51. The number of hydrogen-bond acceptors (Lipinski definition) is 46. The fraction of sp³-hybridized carbons (Fsp3) is 0.922. The molecular formula is C64H109N5O46. The van der Waals surface area contributed by atoms with E-state index in [4.69, 9.17) is 75.8 Å². The van der Waals surface area contributed by atoms with Crippen molar-refractivity contribution in [3.63, 3.8) is 0 Å². The third-order valence-corrected chi connectivity index (χ3v) is 20.4. The molecular weight excluding hydrogens is 1570 g/mol. The lowest BCUT2D eigenvalue weighted by molar-refractivity contribution is -0.398. The van der Waals surface area contributed by atoms with Crippen LogP contribution in [0, 0.1) is 0 Å². The van der Waals surface area contributed by atoms with Crippen molar-refractivity contribution in [1.29, 1.82) is 0 Å². The molecule has 0 aromatic carbocycles. The van der Waals surface area contributed by atoms with E-state index in [2.05, 4.69) is 26.6 Å². The maximum Gasteiger partial charge on any atom is 0.217 e. The summed E-state index contributed by atoms with van der Waals surface area (Å²) in [5.74, 6) is -4.51. The normalized spacial score (nSPS) is 45.0. The van der Waals surface area contributed by atoms with Gasteiger partial charge in [-0.15, -0.1) is 0 Å². The molecule has 8 rings (SSSR count). The Morgan fingerprint density at radius 1 is 0.296 bits per heavy atom. The molecule has 0 aromatic rings. The average Bonchev–Trinajstić information content (AvgIpc) is 0.770. The van der Waals surface area contributed by atoms with Crippen LogP contribution in [0.3, 0.4) is 0 Å². The summed E-state index contributed by atoms with van der Waals surface area (Å²) in [6.07, 6.45) is -82.5. The molecule has 0 aliphatic carbocycles. The van der Waals surface area contributed by atoms with Gasteiger partial charge in [0, 0.05) is 34.6 Å². The summed E-state index contributed by atoms with van der Waals surface area (Å²) in [7, 11) is 0. The molecule has 8 aliphatic rings. The summed E-state index contributed by atoms with van der Waals surface area (Å²) in [5, 5.41) is 289. The molecule has 51 nitrogen and oxygen atoms in total. The molecule has 5 amide bonds. The Hall–Kier alpha value is -4.29. The van der Waals surface area contributed by atoms with Gasteiger partial charge in [-0.2, -0.15) is 0 Å². The molecule has 8 aliphatic heterocycles. The lowest BCUT2D eigenvalue weighted by atomic mass is 9.94. The van der Waals surface area contributed by atoms with Gasteiger partial charge in [0.15, 0.2) is 50.3 Å². The number of amides is 5. The highest BCUT2D eigenvalue weighted by molar-refractivity contribution is 5.75. The lowest BCUT2D eigenvalue weighted by Crippen LogP contribution is -2.70. The Kier molecular flexibility index (Phi) is 35.9. The van der Waals surface area contributed by atoms with Gasteiger partial charge in [-0.05, 0) is 0 Å². The Morgan fingerprint density at radius 2 is 0.609 bits per heavy atom. The molecule has 8 fully saturated rings. The second kappa shape index (κ2) is 43.0. The zero-order chi connectivity index (χ0) is 85.2. The van der Waals surface area contributed by atoms with E-state index in [9.17, 15) is 152 Å². The van der Waals surface area contributed by atoms with Crippen LogP contribution in [-0.4, -0.2) is 493 Å². The van der Waals surface area contributed by atoms with Crippen molar-refractivity contribution < 1.29 is 227 Å². The topological polar surface area (TPSA) is 799 Å². The summed E-state index contributed by atoms with van der Waals surface area (Å²) < 4.78 is 95.5. The van der Waals surface area contributed by atoms with E-state index in [0.29, 0.717) is 0 Å². The van der Waals surface area contributed by atoms with Crippen LogP contribution in [0.4, 0.5) is 0 Å². The minimum absolute atomic E-state index is 0.803. The second-order valence-electron chi connectivity index (χ2n) is 28.7. The second-order valence-corrected chi connectivity index (χ2v) is 28.7. The molecule has 0 aromatic heterocycles. The van der Waals surface area contributed by atoms with Crippen LogP contribution in [-0.2, 0) is 99.8 Å². The molecule has 44 atom stereocenters. The summed E-state index contributed by atoms with van der Waals surface area (Å²) >= 11 is 0. The summed E-state index contributed by atoms with van der Waals surface area (Å²) in [5.41, 5.74) is 0. The van der Waals surface area contributed by atoms with Gasteiger partial charge in [-0.25, -0.2) is 0 Å². The minimum atomic E-state index is -2.60. The van der Waals surface area contributed by atoms with Gasteiger partial charge >= 0.3 is 0 Å². The van der Waals surface area contributed by atoms with Crippen molar-refractivity contribution in [1.82, 2.24) is 26.6 Å². The van der Waals surface area contributed by atoms with Crippen LogP contribution in [0.15, 0.2) is 0 Å². The van der Waals surface area contributed by atoms with Crippen molar-refractivity contribution in [2.24, 2.45) is 0 Å². The molecule has 115 heavy (non-hydrogen) atoms. The molecule has 51 heteroatoms. The molecule has 0 saturated carbocycles. The zero-order valence-electron chi connectivity index (χ0n) is 62.2. The monoisotopic (exact) mass is 1680 g/mol. The summed E-state index contributed by atoms with van der Waals surface area (Å²) in [4.78, 5) is 63.3. The summed E-state index contributed by atoms with van der Waals surface area (Å²) in [6, 6.07) is -9.18. The van der Waals surface area contributed by atoms with Crippen LogP contribution in [0.5, 0.6) is 0 Å². The number of carbonyl (C=O) groups excluding carboxylic acids is 5. The minimum Gasteiger partial charge on any atom is -0.394 e. The molecule has 666 valence electrons. The first-order valence-corrected chi connectivity index (χ1v) is 36.5. The number of hydrogen-bond donors (Lipinski definition) is 30. The fourth-order valence-corrected chi connectivity index (χ4v) is 14.4. The largest absolute Gasteiger partial charge is 0.394 e. The van der Waals surface area contributed by atoms with Crippen molar-refractivity contribution in [3.05, 3.63) is 0 Å². The molecule has 0 unspecified atom stereocenters. The van der Waals surface area contributed by atoms with Crippen LogP contribution in [0.25, 0.3) is 0 Å². The maximum absolute atomic E-state index is 13.0. The van der Waals surface area contributed by atoms with Gasteiger partial charge in [0.05, 0.1) is 72.1 Å². The number of carbonyl (C=O) groups is 5. The highest BCUT2D eigenvalue weighted by Crippen LogP contribution is 2.40. The van der Waals surface area contributed by atoms with Crippen molar-refractivity contribution in [3.8, 4) is 0 Å². The number of aliphatic hydroxyl groups is 25. The standard InChI is InChI=1S/C64H109N5O46/c1-16(79)65-21(6-70)35(85)50(22(84)7-71)109-58-32(67-18(3)81)43(93)53(29(14-78)105-58)112-62-49(99)54(113-64-56(47(97)39(89)26(11-75)104-64)115-60-34(69-20(5)83)44(94)52(28(13-77)107-60)111-61-48(98)45(95)37(87)24(9-73)102-61)40(90)30(108-62)15-100-63-55(46(96)38(88)25(10-74)103-63)114-59-33(68-19(4)82)42(92)51(27(12-76)106-59)110-57-31(66-17(2)80)41(91)36(86)23(8-72)101-57/h21-64,70-78,84-99H,6-15H2,1-5H3,(H,65,79)(H,66,80)(H,67,81)(H,68,82)(H,69,83)/t21-,22+,23+,24+,25+,26+,27+,28+,29+,30+,31+,32+,33+,34+,35+,36-,37-,38+,39+,40+,41+,42+,43+,44+,45-,46-,47-,48+,49-,50+,51+,52+,53+,54-,55-,56-,57-,58-,59-,60-,61-,62-,63-,64+/m0/s1. The van der Waals surface area contributed by atoms with Crippen molar-refractivity contribution >= 4 is 29.5 Å². The van der Waals surface area contributed by atoms with E-state index in [-0.39, 0.29) is 0 Å². The van der Waals surface area contributed by atoms with Gasteiger partial charge in [-0.1, -0.05) is 0 Å². The average molecular weight is 1680 g/mol. The molecule has 0 spiro atoms. The molecule has 30 N–H and O–H groups in total. The van der Waals surface area contributed by atoms with E-state index < -0.39 is 365 Å². The SMILES string of the molecule is CC(=O)N[C@H]1[C@H](O[C@@H]([C@H](O)[C@H](CO)NC(C)=O)[C@H](O)CO)O[C@H](CO)[C@@H](O[C@@H]2O[C@H](CO[C@H]3O[C@H](CO)[C@@H](O)[C@H](O)[C@@H]3O[C@@H]3O[C@H](CO)[C@@H](O[C@@H]4O[C@H](CO)[C@H](O)[C@H](O)[C@H]4NC(C)=O)[C@H](O)[C@H]3NC(C)=O)[C@@H](O)[C@H](O[C@H]3O[C@H](CO)[C@@H](O)[C@H](O)[C@@H]3O[C@@H]3O[C@H](CO)[C@@H](O[C@@H]4O[C@H](CO)[C@H](O)[C@H](O)[C@H]4O)[C@H](O)[C@H]3NC(C)=O)[C@@H]2O)[C@@H]1O. The van der Waals surface area contributed by atoms with Gasteiger partial charge in [0.1, 0.15) is 213 Å². The van der Waals surface area contributed by atoms with Crippen molar-refractivity contribution in [2.75, 3.05) is 66.1 Å². The predicted octanol–water partition coefficient (Wildman–Crippen LogP) is -20.3. The molecule has 8 heterocycles. The maximum atomic E-state index is 13.0. The van der Waals surface area contributed by atoms with E-state index in [0.717, 1.165) is 34.6 Å². The fourth-order valence-electron chi connectivity index (χ4n) is 14.4. The highest BCUT2D eigenvalue weighted by atomic mass is 16.8. The highest BCUT2D eigenvalue weighted by Gasteiger charge is 2.61. The Morgan fingerprint density at radius 3 is 1.01 bits per heavy atom. The van der Waals surface area contributed by atoms with E-state index in [1.165, 1.54) is 0 Å². The third kappa shape index (κ3) is 22.3. The van der Waals surface area contributed by atoms with Gasteiger partial charge in [0.25, 0.3) is 0 Å². The Balaban J connectivity index is 1.16. The quantitative estimate of drug-likeness (QED) is 0.0284. The van der Waals surface area contributed by atoms with Crippen molar-refractivity contribution in [2.45, 2.75) is 304 Å². The van der Waals surface area contributed by atoms with Gasteiger partial charge in [0.2, 0.25) is 29.5 Å². The first-order valence-electron chi connectivity index (χ1n) is 36.5. The number of ether oxygens (including phenoxy) is 16. The van der Waals surface area contributed by atoms with Crippen LogP contribution < -0.4 is 26.6 Å². The predicted molar refractivity (Wildman–Crippen MR) is 357 cm³/mol. The number of aliphatic hydroxyl groups excluding tert-OH is 25. The molecule has 8 saturated heterocycles. The Bertz CT molecular complexity index is 3050. The van der Waals surface area contributed by atoms with Gasteiger partial charge < -0.3 is 230 Å². The Labute approximate surface area is 652 Å². The number of rotatable bonds is 34. The van der Waals surface area contributed by atoms with E-state index in [1.807, 2.05) is 0 Å². The number of nitrogens with one attached hydrogen (secondary N) is 5. The van der Waals surface area contributed by atoms with Gasteiger partial charge in [-0.3, -0.25) is 24.0 Å². The first-order chi connectivity index (χ1) is 54.4. The van der Waals surface area contributed by atoms with Crippen LogP contribution in [0.2, 0.25) is 0 Å². The molecule has 0 radical (unpaired) electrons.